The summed E-state index contributed by atoms with van der Waals surface area (Å²) in [5, 5.41) is 7.54. The Morgan fingerprint density at radius 1 is 1.38 bits per heavy atom. The highest BCUT2D eigenvalue weighted by atomic mass is 16.1. The van der Waals surface area contributed by atoms with Crippen LogP contribution >= 0.6 is 0 Å². The number of nitrogens with zero attached hydrogens (tertiary/aromatic N) is 2. The van der Waals surface area contributed by atoms with Gasteiger partial charge in [-0.3, -0.25) is 4.79 Å². The van der Waals surface area contributed by atoms with Crippen LogP contribution in [0.1, 0.15) is 33.6 Å². The van der Waals surface area contributed by atoms with E-state index in [1.54, 1.807) is 0 Å². The Labute approximate surface area is 95.0 Å². The first-order valence-corrected chi connectivity index (χ1v) is 5.52. The Hall–Kier alpha value is -1.39. The minimum atomic E-state index is -0.296. The number of carbonyl (C=O) groups excluding carboxylic acids is 1. The fourth-order valence-electron chi connectivity index (χ4n) is 3.05. The molecule has 5 nitrogen and oxygen atoms in total. The van der Waals surface area contributed by atoms with Crippen molar-refractivity contribution in [2.75, 3.05) is 0 Å². The van der Waals surface area contributed by atoms with Crippen LogP contribution in [-0.2, 0) is 4.79 Å². The quantitative estimate of drug-likeness (QED) is 0.387. The topological polar surface area (TPSA) is 93.8 Å². The van der Waals surface area contributed by atoms with Crippen LogP contribution in [0.4, 0.5) is 0 Å². The van der Waals surface area contributed by atoms with Crippen LogP contribution in [0.25, 0.3) is 0 Å². The molecule has 2 rings (SSSR count). The largest absolute Gasteiger partial charge is 0.369 e. The normalized spacial score (nSPS) is 38.1. The van der Waals surface area contributed by atoms with Gasteiger partial charge in [0.1, 0.15) is 5.71 Å². The van der Waals surface area contributed by atoms with Crippen LogP contribution < -0.4 is 11.5 Å². The van der Waals surface area contributed by atoms with E-state index in [1.807, 2.05) is 6.92 Å². The standard InChI is InChI=1S/C11H18N4O/c1-10(2)6-4-5-11(10,3)8(16)7(6)14-15-9(12)13/h6H,4-5H2,1-3H3,(H4,12,13,15)/b14-7-. The van der Waals surface area contributed by atoms with E-state index in [9.17, 15) is 4.79 Å². The van der Waals surface area contributed by atoms with Crippen molar-refractivity contribution in [1.82, 2.24) is 0 Å². The van der Waals surface area contributed by atoms with Gasteiger partial charge in [0.2, 0.25) is 5.96 Å². The van der Waals surface area contributed by atoms with Crippen molar-refractivity contribution >= 4 is 17.5 Å². The number of carbonyl (C=O) groups is 1. The number of Topliss-reactive ketones (excluding diaryl/α,β-unsaturated/α-hetero) is 1. The maximum atomic E-state index is 12.2. The lowest BCUT2D eigenvalue weighted by Gasteiger charge is -2.31. The van der Waals surface area contributed by atoms with Crippen molar-refractivity contribution in [3.8, 4) is 0 Å². The molecule has 0 aromatic rings. The van der Waals surface area contributed by atoms with Crippen molar-refractivity contribution in [1.29, 1.82) is 0 Å². The molecule has 5 heteroatoms. The third-order valence-electron chi connectivity index (χ3n) is 4.56. The van der Waals surface area contributed by atoms with Crippen molar-refractivity contribution in [2.45, 2.75) is 33.6 Å². The molecule has 2 bridgehead atoms. The molecule has 16 heavy (non-hydrogen) atoms. The van der Waals surface area contributed by atoms with Crippen LogP contribution in [-0.4, -0.2) is 17.5 Å². The summed E-state index contributed by atoms with van der Waals surface area (Å²) < 4.78 is 0. The molecule has 0 radical (unpaired) electrons. The van der Waals surface area contributed by atoms with Crippen LogP contribution in [0.5, 0.6) is 0 Å². The highest BCUT2D eigenvalue weighted by molar-refractivity contribution is 6.45. The van der Waals surface area contributed by atoms with Crippen molar-refractivity contribution in [3.63, 3.8) is 0 Å². The molecule has 0 heterocycles. The van der Waals surface area contributed by atoms with Crippen molar-refractivity contribution < 1.29 is 4.79 Å². The van der Waals surface area contributed by atoms with E-state index in [-0.39, 0.29) is 28.5 Å². The molecule has 2 fully saturated rings. The van der Waals surface area contributed by atoms with Gasteiger partial charge in [0, 0.05) is 11.3 Å². The van der Waals surface area contributed by atoms with Gasteiger partial charge in [-0.25, -0.2) is 0 Å². The highest BCUT2D eigenvalue weighted by Crippen LogP contribution is 2.62. The SMILES string of the molecule is CC12CCC(/C(=N/N=C(N)N)C1=O)C2(C)C. The molecular formula is C11H18N4O. The van der Waals surface area contributed by atoms with E-state index in [0.29, 0.717) is 5.71 Å². The van der Waals surface area contributed by atoms with Gasteiger partial charge in [0.25, 0.3) is 0 Å². The molecule has 2 aliphatic rings. The van der Waals surface area contributed by atoms with Crippen molar-refractivity contribution in [3.05, 3.63) is 0 Å². The summed E-state index contributed by atoms with van der Waals surface area (Å²) in [5.41, 5.74) is 10.7. The molecule has 88 valence electrons. The third-order valence-corrected chi connectivity index (χ3v) is 4.56. The number of hydrogen-bond acceptors (Lipinski definition) is 3. The van der Waals surface area contributed by atoms with Crippen molar-refractivity contribution in [2.24, 2.45) is 38.4 Å². The smallest absolute Gasteiger partial charge is 0.211 e. The van der Waals surface area contributed by atoms with E-state index in [0.717, 1.165) is 12.8 Å². The number of rotatable bonds is 1. The minimum Gasteiger partial charge on any atom is -0.369 e. The fourth-order valence-corrected chi connectivity index (χ4v) is 3.05. The van der Waals surface area contributed by atoms with E-state index in [4.69, 9.17) is 11.5 Å². The lowest BCUT2D eigenvalue weighted by Crippen LogP contribution is -2.33. The molecular weight excluding hydrogens is 204 g/mol. The van der Waals surface area contributed by atoms with Gasteiger partial charge in [0.05, 0.1) is 0 Å². The Balaban J connectivity index is 2.45. The summed E-state index contributed by atoms with van der Waals surface area (Å²) in [6, 6.07) is 0. The summed E-state index contributed by atoms with van der Waals surface area (Å²) >= 11 is 0. The Bertz CT molecular complexity index is 406. The summed E-state index contributed by atoms with van der Waals surface area (Å²) in [4.78, 5) is 12.2. The lowest BCUT2D eigenvalue weighted by atomic mass is 9.70. The number of fused-ring (bicyclic) bond motifs is 2. The molecule has 0 saturated heterocycles. The maximum absolute atomic E-state index is 12.2. The van der Waals surface area contributed by atoms with Crippen LogP contribution in [0.15, 0.2) is 10.2 Å². The number of nitrogens with two attached hydrogens (primary N) is 2. The summed E-state index contributed by atoms with van der Waals surface area (Å²) in [7, 11) is 0. The van der Waals surface area contributed by atoms with Gasteiger partial charge < -0.3 is 11.5 Å². The van der Waals surface area contributed by atoms with E-state index < -0.39 is 0 Å². The Morgan fingerprint density at radius 3 is 2.44 bits per heavy atom. The van der Waals surface area contributed by atoms with E-state index >= 15 is 0 Å². The second-order valence-electron chi connectivity index (χ2n) is 5.48. The summed E-state index contributed by atoms with van der Waals surface area (Å²) in [6.45, 7) is 6.27. The number of hydrogen-bond donors (Lipinski definition) is 2. The average Bonchev–Trinajstić information content (AvgIpc) is 2.47. The Kier molecular flexibility index (Phi) is 2.12. The Morgan fingerprint density at radius 2 is 2.00 bits per heavy atom. The summed E-state index contributed by atoms with van der Waals surface area (Å²) in [6.07, 6.45) is 1.93. The molecule has 2 saturated carbocycles. The minimum absolute atomic E-state index is 0.0399. The van der Waals surface area contributed by atoms with Crippen LogP contribution in [0, 0.1) is 16.7 Å². The van der Waals surface area contributed by atoms with Crippen LogP contribution in [0.3, 0.4) is 0 Å². The van der Waals surface area contributed by atoms with Gasteiger partial charge in [-0.05, 0) is 18.3 Å². The molecule has 0 aliphatic heterocycles. The molecule has 2 aliphatic carbocycles. The van der Waals surface area contributed by atoms with Gasteiger partial charge >= 0.3 is 0 Å². The second-order valence-corrected chi connectivity index (χ2v) is 5.48. The van der Waals surface area contributed by atoms with E-state index in [1.165, 1.54) is 0 Å². The second kappa shape index (κ2) is 3.06. The molecule has 2 unspecified atom stereocenters. The molecule has 0 spiro atoms. The average molecular weight is 222 g/mol. The predicted octanol–water partition coefficient (Wildman–Crippen LogP) is 0.641. The zero-order valence-corrected chi connectivity index (χ0v) is 9.95. The van der Waals surface area contributed by atoms with Gasteiger partial charge in [0.15, 0.2) is 5.78 Å². The molecule has 0 aromatic carbocycles. The monoisotopic (exact) mass is 222 g/mol. The highest BCUT2D eigenvalue weighted by Gasteiger charge is 2.65. The van der Waals surface area contributed by atoms with Gasteiger partial charge in [-0.2, -0.15) is 0 Å². The zero-order chi connectivity index (χ0) is 12.1. The third kappa shape index (κ3) is 1.14. The fraction of sp³-hybridized carbons (Fsp3) is 0.727. The molecule has 4 N–H and O–H groups in total. The predicted molar refractivity (Wildman–Crippen MR) is 62.9 cm³/mol. The molecule has 0 amide bonds. The van der Waals surface area contributed by atoms with Crippen LogP contribution in [0.2, 0.25) is 0 Å². The van der Waals surface area contributed by atoms with Gasteiger partial charge in [-0.15, -0.1) is 10.2 Å². The summed E-state index contributed by atoms with van der Waals surface area (Å²) in [5.74, 6) is 0.192. The first-order chi connectivity index (χ1) is 7.30. The van der Waals surface area contributed by atoms with Gasteiger partial charge in [-0.1, -0.05) is 20.8 Å². The lowest BCUT2D eigenvalue weighted by molar-refractivity contribution is -0.123. The van der Waals surface area contributed by atoms with E-state index in [2.05, 4.69) is 24.1 Å². The maximum Gasteiger partial charge on any atom is 0.211 e. The molecule has 2 atom stereocenters. The first kappa shape index (κ1) is 11.1. The first-order valence-electron chi connectivity index (χ1n) is 5.52. The number of ketones is 1. The molecule has 0 aromatic heterocycles. The zero-order valence-electron chi connectivity index (χ0n) is 9.95. The number of guanidine groups is 1.